The van der Waals surface area contributed by atoms with E-state index in [2.05, 4.69) is 29.5 Å². The number of hydrogen-bond donors (Lipinski definition) is 2. The highest BCUT2D eigenvalue weighted by atomic mass is 16.3. The van der Waals surface area contributed by atoms with Gasteiger partial charge in [-0.05, 0) is 26.0 Å². The van der Waals surface area contributed by atoms with Crippen molar-refractivity contribution in [3.63, 3.8) is 0 Å². The number of para-hydroxylation sites is 1. The van der Waals surface area contributed by atoms with Gasteiger partial charge in [-0.15, -0.1) is 0 Å². The average molecular weight is 287 g/mol. The SMILES string of the molecule is Cc1nn(-c2ccccc2)c(C)c1CNCC(C)(C)CO. The van der Waals surface area contributed by atoms with Gasteiger partial charge in [0.15, 0.2) is 0 Å². The highest BCUT2D eigenvalue weighted by molar-refractivity contribution is 5.36. The van der Waals surface area contributed by atoms with Crippen LogP contribution in [0.2, 0.25) is 0 Å². The first-order chi connectivity index (χ1) is 9.94. The van der Waals surface area contributed by atoms with Gasteiger partial charge in [-0.1, -0.05) is 32.0 Å². The molecule has 0 atom stereocenters. The maximum absolute atomic E-state index is 9.30. The van der Waals surface area contributed by atoms with E-state index in [0.717, 1.165) is 30.2 Å². The second-order valence-corrected chi connectivity index (χ2v) is 6.32. The zero-order chi connectivity index (χ0) is 15.5. The summed E-state index contributed by atoms with van der Waals surface area (Å²) >= 11 is 0. The number of rotatable bonds is 6. The van der Waals surface area contributed by atoms with Gasteiger partial charge in [0, 0.05) is 36.4 Å². The van der Waals surface area contributed by atoms with Crippen molar-refractivity contribution in [2.45, 2.75) is 34.2 Å². The summed E-state index contributed by atoms with van der Waals surface area (Å²) in [6.07, 6.45) is 0. The molecule has 4 heteroatoms. The summed E-state index contributed by atoms with van der Waals surface area (Å²) in [6, 6.07) is 10.2. The van der Waals surface area contributed by atoms with Gasteiger partial charge in [0.2, 0.25) is 0 Å². The molecule has 114 valence electrons. The van der Waals surface area contributed by atoms with E-state index in [4.69, 9.17) is 0 Å². The maximum Gasteiger partial charge on any atom is 0.0648 e. The minimum atomic E-state index is -0.1000. The molecule has 0 saturated carbocycles. The Kier molecular flexibility index (Phi) is 4.80. The van der Waals surface area contributed by atoms with Crippen LogP contribution in [0.15, 0.2) is 30.3 Å². The van der Waals surface area contributed by atoms with Crippen LogP contribution < -0.4 is 5.32 Å². The average Bonchev–Trinajstić information content (AvgIpc) is 2.76. The Bertz CT molecular complexity index is 588. The first-order valence-corrected chi connectivity index (χ1v) is 7.37. The van der Waals surface area contributed by atoms with Crippen LogP contribution in [0.25, 0.3) is 5.69 Å². The number of aromatic nitrogens is 2. The lowest BCUT2D eigenvalue weighted by atomic mass is 9.95. The molecule has 0 saturated heterocycles. The van der Waals surface area contributed by atoms with Crippen molar-refractivity contribution in [2.24, 2.45) is 5.41 Å². The van der Waals surface area contributed by atoms with Crippen LogP contribution >= 0.6 is 0 Å². The third-order valence-electron chi connectivity index (χ3n) is 3.78. The molecule has 0 aliphatic heterocycles. The number of aliphatic hydroxyl groups is 1. The Hall–Kier alpha value is -1.65. The zero-order valence-electron chi connectivity index (χ0n) is 13.3. The van der Waals surface area contributed by atoms with Gasteiger partial charge in [0.25, 0.3) is 0 Å². The van der Waals surface area contributed by atoms with E-state index in [9.17, 15) is 5.11 Å². The third kappa shape index (κ3) is 3.71. The van der Waals surface area contributed by atoms with Crippen molar-refractivity contribution >= 4 is 0 Å². The fraction of sp³-hybridized carbons (Fsp3) is 0.471. The topological polar surface area (TPSA) is 50.1 Å². The highest BCUT2D eigenvalue weighted by Gasteiger charge is 2.17. The van der Waals surface area contributed by atoms with Crippen LogP contribution in [0.4, 0.5) is 0 Å². The Morgan fingerprint density at radius 3 is 2.48 bits per heavy atom. The minimum Gasteiger partial charge on any atom is -0.396 e. The van der Waals surface area contributed by atoms with Crippen LogP contribution in [0, 0.1) is 19.3 Å². The second kappa shape index (κ2) is 6.41. The maximum atomic E-state index is 9.30. The molecule has 0 aliphatic rings. The Morgan fingerprint density at radius 2 is 1.86 bits per heavy atom. The number of benzene rings is 1. The standard InChI is InChI=1S/C17H25N3O/c1-13-16(10-18-11-17(3,4)12-21)14(2)20(19-13)15-8-6-5-7-9-15/h5-9,18,21H,10-12H2,1-4H3. The first kappa shape index (κ1) is 15.7. The predicted molar refractivity (Wildman–Crippen MR) is 85.6 cm³/mol. The molecule has 2 aromatic rings. The smallest absolute Gasteiger partial charge is 0.0648 e. The van der Waals surface area contributed by atoms with Crippen LogP contribution in [0.3, 0.4) is 0 Å². The van der Waals surface area contributed by atoms with E-state index in [1.54, 1.807) is 0 Å². The predicted octanol–water partition coefficient (Wildman–Crippen LogP) is 2.60. The van der Waals surface area contributed by atoms with Gasteiger partial charge < -0.3 is 10.4 Å². The van der Waals surface area contributed by atoms with E-state index >= 15 is 0 Å². The molecule has 21 heavy (non-hydrogen) atoms. The van der Waals surface area contributed by atoms with Crippen molar-refractivity contribution in [1.29, 1.82) is 0 Å². The van der Waals surface area contributed by atoms with E-state index < -0.39 is 0 Å². The lowest BCUT2D eigenvalue weighted by molar-refractivity contribution is 0.156. The summed E-state index contributed by atoms with van der Waals surface area (Å²) in [4.78, 5) is 0. The number of aliphatic hydroxyl groups excluding tert-OH is 1. The summed E-state index contributed by atoms with van der Waals surface area (Å²) < 4.78 is 1.99. The van der Waals surface area contributed by atoms with Crippen LogP contribution in [0.1, 0.15) is 30.8 Å². The van der Waals surface area contributed by atoms with Crippen LogP contribution in [-0.2, 0) is 6.54 Å². The number of nitrogens with zero attached hydrogens (tertiary/aromatic N) is 2. The highest BCUT2D eigenvalue weighted by Crippen LogP contribution is 2.18. The van der Waals surface area contributed by atoms with Gasteiger partial charge in [0.1, 0.15) is 0 Å². The molecule has 0 radical (unpaired) electrons. The van der Waals surface area contributed by atoms with Gasteiger partial charge in [-0.2, -0.15) is 5.10 Å². The van der Waals surface area contributed by atoms with Crippen molar-refractivity contribution in [3.8, 4) is 5.69 Å². The van der Waals surface area contributed by atoms with E-state index in [0.29, 0.717) is 0 Å². The molecular formula is C17H25N3O. The van der Waals surface area contributed by atoms with E-state index in [1.807, 2.05) is 43.7 Å². The quantitative estimate of drug-likeness (QED) is 0.858. The fourth-order valence-electron chi connectivity index (χ4n) is 2.33. The molecule has 0 aliphatic carbocycles. The minimum absolute atomic E-state index is 0.1000. The fourth-order valence-corrected chi connectivity index (χ4v) is 2.33. The largest absolute Gasteiger partial charge is 0.396 e. The lowest BCUT2D eigenvalue weighted by Gasteiger charge is -2.22. The van der Waals surface area contributed by atoms with Gasteiger partial charge in [-0.25, -0.2) is 4.68 Å². The van der Waals surface area contributed by atoms with Gasteiger partial charge in [0.05, 0.1) is 11.4 Å². The molecule has 1 aromatic heterocycles. The van der Waals surface area contributed by atoms with Crippen LogP contribution in [-0.4, -0.2) is 28.0 Å². The Balaban J connectivity index is 2.13. The summed E-state index contributed by atoms with van der Waals surface area (Å²) in [5, 5.41) is 17.4. The molecule has 0 unspecified atom stereocenters. The third-order valence-corrected chi connectivity index (χ3v) is 3.78. The number of hydrogen-bond acceptors (Lipinski definition) is 3. The lowest BCUT2D eigenvalue weighted by Crippen LogP contribution is -2.32. The summed E-state index contributed by atoms with van der Waals surface area (Å²) in [5.41, 5.74) is 4.42. The van der Waals surface area contributed by atoms with Crippen molar-refractivity contribution in [2.75, 3.05) is 13.2 Å². The Labute approximate surface area is 126 Å². The molecule has 2 rings (SSSR count). The Morgan fingerprint density at radius 1 is 1.19 bits per heavy atom. The first-order valence-electron chi connectivity index (χ1n) is 7.37. The zero-order valence-corrected chi connectivity index (χ0v) is 13.3. The summed E-state index contributed by atoms with van der Waals surface area (Å²) in [7, 11) is 0. The summed E-state index contributed by atoms with van der Waals surface area (Å²) in [6.45, 7) is 9.97. The summed E-state index contributed by atoms with van der Waals surface area (Å²) in [5.74, 6) is 0. The molecule has 0 amide bonds. The van der Waals surface area contributed by atoms with E-state index in [1.165, 1.54) is 5.56 Å². The van der Waals surface area contributed by atoms with Crippen molar-refractivity contribution in [3.05, 3.63) is 47.3 Å². The molecule has 2 N–H and O–H groups in total. The molecule has 4 nitrogen and oxygen atoms in total. The molecule has 0 fully saturated rings. The molecule has 0 spiro atoms. The number of nitrogens with one attached hydrogen (secondary N) is 1. The second-order valence-electron chi connectivity index (χ2n) is 6.32. The van der Waals surface area contributed by atoms with Gasteiger partial charge >= 0.3 is 0 Å². The van der Waals surface area contributed by atoms with E-state index in [-0.39, 0.29) is 12.0 Å². The molecular weight excluding hydrogens is 262 g/mol. The van der Waals surface area contributed by atoms with Gasteiger partial charge in [-0.3, -0.25) is 0 Å². The monoisotopic (exact) mass is 287 g/mol. The normalized spacial score (nSPS) is 11.9. The molecule has 0 bridgehead atoms. The van der Waals surface area contributed by atoms with Crippen molar-refractivity contribution < 1.29 is 5.11 Å². The van der Waals surface area contributed by atoms with Crippen molar-refractivity contribution in [1.82, 2.24) is 15.1 Å². The molecule has 1 heterocycles. The molecule has 1 aromatic carbocycles. The number of aryl methyl sites for hydroxylation is 1. The van der Waals surface area contributed by atoms with Crippen LogP contribution in [0.5, 0.6) is 0 Å².